The molecule has 6 nitrogen and oxygen atoms in total. The van der Waals surface area contributed by atoms with Gasteiger partial charge >= 0.3 is 0 Å². The number of hydrogen-bond acceptors (Lipinski definition) is 5. The number of carbonyl (C=O) groups is 1. The van der Waals surface area contributed by atoms with E-state index in [-0.39, 0.29) is 12.5 Å². The molecule has 0 saturated carbocycles. The molecule has 6 heteroatoms. The third-order valence-electron chi connectivity index (χ3n) is 6.11. The highest BCUT2D eigenvalue weighted by molar-refractivity contribution is 5.84. The maximum Gasteiger partial charge on any atom is 0.260 e. The molecule has 1 saturated heterocycles. The van der Waals surface area contributed by atoms with Crippen LogP contribution in [0.1, 0.15) is 5.56 Å². The second kappa shape index (κ2) is 9.28. The van der Waals surface area contributed by atoms with E-state index in [2.05, 4.69) is 40.2 Å². The van der Waals surface area contributed by atoms with Gasteiger partial charge in [-0.05, 0) is 47.5 Å². The third-order valence-corrected chi connectivity index (χ3v) is 6.11. The Bertz CT molecular complexity index is 1260. The van der Waals surface area contributed by atoms with E-state index in [1.165, 1.54) is 5.56 Å². The summed E-state index contributed by atoms with van der Waals surface area (Å²) in [5.74, 6) is 1.56. The van der Waals surface area contributed by atoms with E-state index in [1.54, 1.807) is 0 Å². The Labute approximate surface area is 193 Å². The van der Waals surface area contributed by atoms with E-state index in [4.69, 9.17) is 4.74 Å². The molecule has 4 aromatic rings. The van der Waals surface area contributed by atoms with Gasteiger partial charge in [-0.1, -0.05) is 54.6 Å². The number of benzene rings is 3. The fourth-order valence-corrected chi connectivity index (χ4v) is 4.18. The SMILES string of the molecule is Cc1ccccc1-c1ccc(N2CCN(C(=O)COc3ccc4ccccc4c3)CC2)nn1. The summed E-state index contributed by atoms with van der Waals surface area (Å²) in [6, 6.07) is 26.2. The van der Waals surface area contributed by atoms with Gasteiger partial charge in [0.25, 0.3) is 5.91 Å². The minimum Gasteiger partial charge on any atom is -0.484 e. The number of ether oxygens (including phenoxy) is 1. The molecule has 166 valence electrons. The zero-order valence-corrected chi connectivity index (χ0v) is 18.6. The maximum atomic E-state index is 12.7. The van der Waals surface area contributed by atoms with Gasteiger partial charge in [-0.15, -0.1) is 10.2 Å². The molecule has 1 aliphatic rings. The molecule has 0 N–H and O–H groups in total. The van der Waals surface area contributed by atoms with Gasteiger partial charge in [0.05, 0.1) is 5.69 Å². The van der Waals surface area contributed by atoms with Gasteiger partial charge in [-0.2, -0.15) is 0 Å². The Morgan fingerprint density at radius 1 is 0.848 bits per heavy atom. The summed E-state index contributed by atoms with van der Waals surface area (Å²) in [7, 11) is 0. The van der Waals surface area contributed by atoms with Gasteiger partial charge in [-0.3, -0.25) is 4.79 Å². The average Bonchev–Trinajstić information content (AvgIpc) is 2.88. The molecule has 1 amide bonds. The lowest BCUT2D eigenvalue weighted by molar-refractivity contribution is -0.133. The Morgan fingerprint density at radius 2 is 1.61 bits per heavy atom. The van der Waals surface area contributed by atoms with Gasteiger partial charge in [0.2, 0.25) is 0 Å². The quantitative estimate of drug-likeness (QED) is 0.464. The van der Waals surface area contributed by atoms with Crippen molar-refractivity contribution >= 4 is 22.5 Å². The molecule has 5 rings (SSSR count). The fourth-order valence-electron chi connectivity index (χ4n) is 4.18. The predicted octanol–water partition coefficient (Wildman–Crippen LogP) is 4.33. The van der Waals surface area contributed by atoms with Gasteiger partial charge in [0, 0.05) is 31.7 Å². The lowest BCUT2D eigenvalue weighted by Crippen LogP contribution is -2.50. The van der Waals surface area contributed by atoms with Crippen molar-refractivity contribution in [1.29, 1.82) is 0 Å². The summed E-state index contributed by atoms with van der Waals surface area (Å²) in [4.78, 5) is 16.7. The van der Waals surface area contributed by atoms with E-state index in [0.29, 0.717) is 18.8 Å². The van der Waals surface area contributed by atoms with Gasteiger partial charge in [-0.25, -0.2) is 0 Å². The second-order valence-electron chi connectivity index (χ2n) is 8.26. The first-order valence-electron chi connectivity index (χ1n) is 11.2. The number of rotatable bonds is 5. The first-order chi connectivity index (χ1) is 16.2. The van der Waals surface area contributed by atoms with E-state index in [1.807, 2.05) is 65.6 Å². The average molecular weight is 439 g/mol. The topological polar surface area (TPSA) is 58.6 Å². The minimum absolute atomic E-state index is 0.00351. The molecule has 1 aliphatic heterocycles. The molecule has 1 fully saturated rings. The molecular weight excluding hydrogens is 412 g/mol. The smallest absolute Gasteiger partial charge is 0.260 e. The molecule has 0 unspecified atom stereocenters. The highest BCUT2D eigenvalue weighted by Gasteiger charge is 2.22. The molecule has 0 spiro atoms. The van der Waals surface area contributed by atoms with Crippen LogP contribution in [0.5, 0.6) is 5.75 Å². The maximum absolute atomic E-state index is 12.7. The van der Waals surface area contributed by atoms with E-state index in [9.17, 15) is 4.79 Å². The van der Waals surface area contributed by atoms with Gasteiger partial charge < -0.3 is 14.5 Å². The Morgan fingerprint density at radius 3 is 2.36 bits per heavy atom. The van der Waals surface area contributed by atoms with Crippen LogP contribution in [0.25, 0.3) is 22.0 Å². The number of hydrogen-bond donors (Lipinski definition) is 0. The molecule has 0 aliphatic carbocycles. The monoisotopic (exact) mass is 438 g/mol. The first-order valence-corrected chi connectivity index (χ1v) is 11.2. The van der Waals surface area contributed by atoms with Crippen molar-refractivity contribution in [2.75, 3.05) is 37.7 Å². The highest BCUT2D eigenvalue weighted by atomic mass is 16.5. The largest absolute Gasteiger partial charge is 0.484 e. The number of nitrogens with zero attached hydrogens (tertiary/aromatic N) is 4. The molecule has 33 heavy (non-hydrogen) atoms. The normalized spacial score (nSPS) is 13.8. The summed E-state index contributed by atoms with van der Waals surface area (Å²) in [6.45, 7) is 4.84. The van der Waals surface area contributed by atoms with Crippen molar-refractivity contribution in [1.82, 2.24) is 15.1 Å². The summed E-state index contributed by atoms with van der Waals surface area (Å²) >= 11 is 0. The predicted molar refractivity (Wildman–Crippen MR) is 130 cm³/mol. The number of fused-ring (bicyclic) bond motifs is 1. The van der Waals surface area contributed by atoms with Crippen molar-refractivity contribution in [2.45, 2.75) is 6.92 Å². The first kappa shape index (κ1) is 20.9. The number of amides is 1. The minimum atomic E-state index is 0.00351. The van der Waals surface area contributed by atoms with Crippen molar-refractivity contribution in [2.24, 2.45) is 0 Å². The Balaban J connectivity index is 1.15. The van der Waals surface area contributed by atoms with E-state index >= 15 is 0 Å². The Hall–Kier alpha value is -3.93. The van der Waals surface area contributed by atoms with Crippen molar-refractivity contribution in [3.63, 3.8) is 0 Å². The van der Waals surface area contributed by atoms with Crippen LogP contribution in [0.2, 0.25) is 0 Å². The standard InChI is InChI=1S/C27H26N4O2/c1-20-6-2-5-9-24(20)25-12-13-26(29-28-25)30-14-16-31(17-15-30)27(32)19-33-23-11-10-21-7-3-4-8-22(21)18-23/h2-13,18H,14-17,19H2,1H3. The molecule has 0 atom stereocenters. The number of piperazine rings is 1. The van der Waals surface area contributed by atoms with Gasteiger partial charge in [0.1, 0.15) is 5.75 Å². The summed E-state index contributed by atoms with van der Waals surface area (Å²) < 4.78 is 5.78. The van der Waals surface area contributed by atoms with E-state index in [0.717, 1.165) is 40.9 Å². The lowest BCUT2D eigenvalue weighted by atomic mass is 10.1. The number of aryl methyl sites for hydroxylation is 1. The van der Waals surface area contributed by atoms with Crippen LogP contribution in [0, 0.1) is 6.92 Å². The van der Waals surface area contributed by atoms with Crippen molar-refractivity contribution in [3.8, 4) is 17.0 Å². The van der Waals surface area contributed by atoms with Crippen molar-refractivity contribution in [3.05, 3.63) is 84.4 Å². The number of carbonyl (C=O) groups excluding carboxylic acids is 1. The zero-order valence-electron chi connectivity index (χ0n) is 18.6. The molecule has 2 heterocycles. The summed E-state index contributed by atoms with van der Waals surface area (Å²) in [5.41, 5.74) is 3.15. The molecular formula is C27H26N4O2. The highest BCUT2D eigenvalue weighted by Crippen LogP contribution is 2.23. The van der Waals surface area contributed by atoms with Crippen LogP contribution in [0.4, 0.5) is 5.82 Å². The third kappa shape index (κ3) is 4.65. The summed E-state index contributed by atoms with van der Waals surface area (Å²) in [6.07, 6.45) is 0. The molecule has 0 bridgehead atoms. The number of aromatic nitrogens is 2. The molecule has 1 aromatic heterocycles. The summed E-state index contributed by atoms with van der Waals surface area (Å²) in [5, 5.41) is 11.1. The van der Waals surface area contributed by atoms with Crippen LogP contribution in [0.15, 0.2) is 78.9 Å². The second-order valence-corrected chi connectivity index (χ2v) is 8.26. The van der Waals surface area contributed by atoms with Crippen molar-refractivity contribution < 1.29 is 9.53 Å². The number of anilines is 1. The van der Waals surface area contributed by atoms with E-state index < -0.39 is 0 Å². The molecule has 3 aromatic carbocycles. The Kier molecular flexibility index (Phi) is 5.89. The van der Waals surface area contributed by atoms with Crippen LogP contribution in [-0.2, 0) is 4.79 Å². The van der Waals surface area contributed by atoms with Gasteiger partial charge in [0.15, 0.2) is 12.4 Å². The van der Waals surface area contributed by atoms with Crippen LogP contribution in [-0.4, -0.2) is 53.8 Å². The molecule has 0 radical (unpaired) electrons. The fraction of sp³-hybridized carbons (Fsp3) is 0.222. The van der Waals surface area contributed by atoms with Crippen LogP contribution in [0.3, 0.4) is 0 Å². The van der Waals surface area contributed by atoms with Crippen LogP contribution >= 0.6 is 0 Å². The zero-order chi connectivity index (χ0) is 22.6. The van der Waals surface area contributed by atoms with Crippen LogP contribution < -0.4 is 9.64 Å². The lowest BCUT2D eigenvalue weighted by Gasteiger charge is -2.35.